The monoisotopic (exact) mass is 316 g/mol. The molecule has 1 aromatic rings. The van der Waals surface area contributed by atoms with E-state index in [1.165, 1.54) is 6.07 Å². The van der Waals surface area contributed by atoms with Crippen LogP contribution in [-0.2, 0) is 9.53 Å². The SMILES string of the molecule is CCCOC(C(=O)CCC)c1ccc(Br)cc1F. The van der Waals surface area contributed by atoms with E-state index in [4.69, 9.17) is 4.74 Å². The van der Waals surface area contributed by atoms with Crippen LogP contribution in [0.25, 0.3) is 0 Å². The average Bonchev–Trinajstić information content (AvgIpc) is 2.32. The predicted molar refractivity (Wildman–Crippen MR) is 73.0 cm³/mol. The van der Waals surface area contributed by atoms with Crippen LogP contribution in [0.1, 0.15) is 44.8 Å². The maximum absolute atomic E-state index is 13.9. The summed E-state index contributed by atoms with van der Waals surface area (Å²) in [6.07, 6.45) is 1.17. The summed E-state index contributed by atoms with van der Waals surface area (Å²) in [5.41, 5.74) is 0.324. The molecule has 18 heavy (non-hydrogen) atoms. The largest absolute Gasteiger partial charge is 0.366 e. The second-order valence-corrected chi connectivity index (χ2v) is 5.05. The van der Waals surface area contributed by atoms with E-state index in [1.807, 2.05) is 13.8 Å². The van der Waals surface area contributed by atoms with Gasteiger partial charge < -0.3 is 4.74 Å². The molecule has 0 radical (unpaired) electrons. The molecular weight excluding hydrogens is 299 g/mol. The Bertz CT molecular complexity index is 407. The van der Waals surface area contributed by atoms with Gasteiger partial charge in [0.1, 0.15) is 11.9 Å². The molecule has 0 aliphatic heterocycles. The molecule has 1 unspecified atom stereocenters. The lowest BCUT2D eigenvalue weighted by Crippen LogP contribution is -2.17. The first-order valence-electron chi connectivity index (χ1n) is 6.19. The number of carbonyl (C=O) groups is 1. The highest BCUT2D eigenvalue weighted by Crippen LogP contribution is 2.26. The van der Waals surface area contributed by atoms with E-state index in [0.29, 0.717) is 23.1 Å². The Kier molecular flexibility index (Phi) is 6.50. The number of ketones is 1. The Labute approximate surface area is 116 Å². The van der Waals surface area contributed by atoms with Gasteiger partial charge in [0.05, 0.1) is 0 Å². The van der Waals surface area contributed by atoms with Gasteiger partial charge in [0, 0.05) is 23.1 Å². The number of ether oxygens (including phenoxy) is 1. The first-order chi connectivity index (χ1) is 8.60. The molecule has 0 N–H and O–H groups in total. The molecule has 1 atom stereocenters. The summed E-state index contributed by atoms with van der Waals surface area (Å²) in [5.74, 6) is -0.470. The molecule has 0 bridgehead atoms. The molecule has 0 heterocycles. The lowest BCUT2D eigenvalue weighted by molar-refractivity contribution is -0.131. The number of benzene rings is 1. The van der Waals surface area contributed by atoms with E-state index in [-0.39, 0.29) is 5.78 Å². The average molecular weight is 317 g/mol. The van der Waals surface area contributed by atoms with Gasteiger partial charge in [0.25, 0.3) is 0 Å². The summed E-state index contributed by atoms with van der Waals surface area (Å²) in [6, 6.07) is 4.68. The molecule has 0 saturated carbocycles. The van der Waals surface area contributed by atoms with Gasteiger partial charge in [0.2, 0.25) is 0 Å². The molecule has 0 spiro atoms. The van der Waals surface area contributed by atoms with Crippen molar-refractivity contribution < 1.29 is 13.9 Å². The summed E-state index contributed by atoms with van der Waals surface area (Å²) in [6.45, 7) is 4.33. The maximum Gasteiger partial charge on any atom is 0.166 e. The zero-order valence-electron chi connectivity index (χ0n) is 10.7. The number of carbonyl (C=O) groups excluding carboxylic acids is 1. The van der Waals surface area contributed by atoms with Crippen molar-refractivity contribution in [1.82, 2.24) is 0 Å². The molecule has 0 saturated heterocycles. The predicted octanol–water partition coefficient (Wildman–Crippen LogP) is 4.43. The number of halogens is 2. The normalized spacial score (nSPS) is 12.4. The molecule has 2 nitrogen and oxygen atoms in total. The van der Waals surface area contributed by atoms with E-state index < -0.39 is 11.9 Å². The molecule has 0 fully saturated rings. The Hall–Kier alpha value is -0.740. The van der Waals surface area contributed by atoms with Crippen LogP contribution in [0.2, 0.25) is 0 Å². The van der Waals surface area contributed by atoms with Crippen LogP contribution in [0.15, 0.2) is 22.7 Å². The van der Waals surface area contributed by atoms with Gasteiger partial charge in [-0.25, -0.2) is 4.39 Å². The third-order valence-electron chi connectivity index (χ3n) is 2.52. The van der Waals surface area contributed by atoms with E-state index >= 15 is 0 Å². The first-order valence-corrected chi connectivity index (χ1v) is 6.98. The van der Waals surface area contributed by atoms with E-state index in [1.54, 1.807) is 12.1 Å². The Morgan fingerprint density at radius 3 is 2.67 bits per heavy atom. The molecule has 100 valence electrons. The molecule has 0 aliphatic carbocycles. The Morgan fingerprint density at radius 1 is 1.39 bits per heavy atom. The van der Waals surface area contributed by atoms with Gasteiger partial charge in [-0.2, -0.15) is 0 Å². The fraction of sp³-hybridized carbons (Fsp3) is 0.500. The van der Waals surface area contributed by atoms with Crippen molar-refractivity contribution in [3.63, 3.8) is 0 Å². The van der Waals surface area contributed by atoms with Crippen molar-refractivity contribution in [2.75, 3.05) is 6.61 Å². The molecule has 1 rings (SSSR count). The van der Waals surface area contributed by atoms with Crippen molar-refractivity contribution in [3.8, 4) is 0 Å². The Balaban J connectivity index is 2.97. The molecule has 0 amide bonds. The van der Waals surface area contributed by atoms with Gasteiger partial charge in [-0.05, 0) is 25.0 Å². The summed E-state index contributed by atoms with van der Waals surface area (Å²) < 4.78 is 20.0. The van der Waals surface area contributed by atoms with Crippen molar-refractivity contribution in [3.05, 3.63) is 34.1 Å². The van der Waals surface area contributed by atoms with E-state index in [2.05, 4.69) is 15.9 Å². The standard InChI is InChI=1S/C14H18BrFO2/c1-3-5-13(17)14(18-8-4-2)11-7-6-10(15)9-12(11)16/h6-7,9,14H,3-5,8H2,1-2H3. The zero-order valence-corrected chi connectivity index (χ0v) is 12.3. The van der Waals surface area contributed by atoms with Gasteiger partial charge in [-0.3, -0.25) is 4.79 Å². The van der Waals surface area contributed by atoms with Crippen molar-refractivity contribution in [2.24, 2.45) is 0 Å². The first kappa shape index (κ1) is 15.3. The fourth-order valence-electron chi connectivity index (χ4n) is 1.68. The highest BCUT2D eigenvalue weighted by atomic mass is 79.9. The highest BCUT2D eigenvalue weighted by molar-refractivity contribution is 9.10. The smallest absolute Gasteiger partial charge is 0.166 e. The highest BCUT2D eigenvalue weighted by Gasteiger charge is 2.23. The summed E-state index contributed by atoms with van der Waals surface area (Å²) in [4.78, 5) is 12.0. The summed E-state index contributed by atoms with van der Waals surface area (Å²) in [5, 5.41) is 0. The molecule has 1 aromatic carbocycles. The minimum atomic E-state index is -0.780. The minimum absolute atomic E-state index is 0.0628. The lowest BCUT2D eigenvalue weighted by atomic mass is 10.0. The van der Waals surface area contributed by atoms with Crippen molar-refractivity contribution in [1.29, 1.82) is 0 Å². The van der Waals surface area contributed by atoms with Crippen LogP contribution in [0, 0.1) is 5.82 Å². The van der Waals surface area contributed by atoms with Crippen molar-refractivity contribution in [2.45, 2.75) is 39.2 Å². The van der Waals surface area contributed by atoms with Crippen LogP contribution >= 0.6 is 15.9 Å². The van der Waals surface area contributed by atoms with Crippen LogP contribution in [0.3, 0.4) is 0 Å². The summed E-state index contributed by atoms with van der Waals surface area (Å²) >= 11 is 3.20. The van der Waals surface area contributed by atoms with E-state index in [0.717, 1.165) is 12.8 Å². The lowest BCUT2D eigenvalue weighted by Gasteiger charge is -2.17. The van der Waals surface area contributed by atoms with Gasteiger partial charge in [-0.15, -0.1) is 0 Å². The van der Waals surface area contributed by atoms with Crippen LogP contribution < -0.4 is 0 Å². The third kappa shape index (κ3) is 4.18. The van der Waals surface area contributed by atoms with Gasteiger partial charge in [0.15, 0.2) is 5.78 Å². The summed E-state index contributed by atoms with van der Waals surface area (Å²) in [7, 11) is 0. The molecule has 0 aromatic heterocycles. The quantitative estimate of drug-likeness (QED) is 0.744. The second-order valence-electron chi connectivity index (χ2n) is 4.13. The number of rotatable bonds is 7. The van der Waals surface area contributed by atoms with E-state index in [9.17, 15) is 9.18 Å². The molecular formula is C14H18BrFO2. The minimum Gasteiger partial charge on any atom is -0.366 e. The van der Waals surface area contributed by atoms with Gasteiger partial charge >= 0.3 is 0 Å². The van der Waals surface area contributed by atoms with Crippen LogP contribution in [-0.4, -0.2) is 12.4 Å². The maximum atomic E-state index is 13.9. The molecule has 4 heteroatoms. The molecule has 0 aliphatic rings. The second kappa shape index (κ2) is 7.64. The fourth-order valence-corrected chi connectivity index (χ4v) is 2.02. The van der Waals surface area contributed by atoms with Crippen LogP contribution in [0.5, 0.6) is 0 Å². The topological polar surface area (TPSA) is 26.3 Å². The van der Waals surface area contributed by atoms with Crippen LogP contribution in [0.4, 0.5) is 4.39 Å². The zero-order chi connectivity index (χ0) is 13.5. The van der Waals surface area contributed by atoms with Gasteiger partial charge in [-0.1, -0.05) is 35.8 Å². The number of hydrogen-bond donors (Lipinski definition) is 0. The number of Topliss-reactive ketones (excluding diaryl/α,β-unsaturated/α-hetero) is 1. The third-order valence-corrected chi connectivity index (χ3v) is 3.02. The van der Waals surface area contributed by atoms with Crippen molar-refractivity contribution >= 4 is 21.7 Å². The Morgan fingerprint density at radius 2 is 2.11 bits per heavy atom. The number of hydrogen-bond acceptors (Lipinski definition) is 2.